The number of rotatable bonds is 3. The van der Waals surface area contributed by atoms with Gasteiger partial charge in [-0.1, -0.05) is 12.1 Å². The molecule has 2 aromatic rings. The van der Waals surface area contributed by atoms with E-state index in [9.17, 15) is 9.59 Å². The van der Waals surface area contributed by atoms with Gasteiger partial charge in [0, 0.05) is 23.5 Å². The number of aromatic amines is 1. The molecule has 18 heavy (non-hydrogen) atoms. The predicted octanol–water partition coefficient (Wildman–Crippen LogP) is 1.12. The van der Waals surface area contributed by atoms with E-state index in [2.05, 4.69) is 10.3 Å². The van der Waals surface area contributed by atoms with Crippen LogP contribution in [0.5, 0.6) is 0 Å². The first-order valence-corrected chi connectivity index (χ1v) is 5.39. The zero-order valence-electron chi connectivity index (χ0n) is 9.51. The number of H-pyrrole nitrogens is 1. The Kier molecular flexibility index (Phi) is 3.54. The maximum absolute atomic E-state index is 11.8. The number of aliphatic hydroxyl groups excluding tert-OH is 1. The van der Waals surface area contributed by atoms with E-state index in [0.29, 0.717) is 11.3 Å². The van der Waals surface area contributed by atoms with Crippen molar-refractivity contribution < 1.29 is 9.90 Å². The molecule has 1 heterocycles. The van der Waals surface area contributed by atoms with Gasteiger partial charge in [0.2, 0.25) is 5.56 Å². The highest BCUT2D eigenvalue weighted by Crippen LogP contribution is 2.10. The third-order valence-corrected chi connectivity index (χ3v) is 2.43. The van der Waals surface area contributed by atoms with Crippen LogP contribution in [0.25, 0.3) is 0 Å². The Balaban J connectivity index is 2.13. The number of amides is 1. The molecule has 1 amide bonds. The molecule has 3 N–H and O–H groups in total. The van der Waals surface area contributed by atoms with Gasteiger partial charge in [0.05, 0.1) is 6.61 Å². The second kappa shape index (κ2) is 5.29. The van der Waals surface area contributed by atoms with Gasteiger partial charge in [0.1, 0.15) is 0 Å². The van der Waals surface area contributed by atoms with Gasteiger partial charge in [0.15, 0.2) is 0 Å². The SMILES string of the molecule is O=C(Nc1ccc(CO)cc1)c1cc[nH]c(=O)c1. The zero-order chi connectivity index (χ0) is 13.0. The summed E-state index contributed by atoms with van der Waals surface area (Å²) in [6.07, 6.45) is 1.42. The molecule has 0 atom stereocenters. The third kappa shape index (κ3) is 2.83. The van der Waals surface area contributed by atoms with Crippen LogP contribution in [0.2, 0.25) is 0 Å². The minimum Gasteiger partial charge on any atom is -0.392 e. The van der Waals surface area contributed by atoms with Crippen molar-refractivity contribution in [1.29, 1.82) is 0 Å². The molecular weight excluding hydrogens is 232 g/mol. The predicted molar refractivity (Wildman–Crippen MR) is 67.4 cm³/mol. The van der Waals surface area contributed by atoms with E-state index in [1.165, 1.54) is 18.3 Å². The van der Waals surface area contributed by atoms with Crippen molar-refractivity contribution in [3.63, 3.8) is 0 Å². The summed E-state index contributed by atoms with van der Waals surface area (Å²) in [4.78, 5) is 25.3. The number of hydrogen-bond acceptors (Lipinski definition) is 3. The maximum atomic E-state index is 11.8. The number of pyridine rings is 1. The Labute approximate surface area is 103 Å². The monoisotopic (exact) mass is 244 g/mol. The van der Waals surface area contributed by atoms with E-state index in [-0.39, 0.29) is 18.1 Å². The summed E-state index contributed by atoms with van der Waals surface area (Å²) < 4.78 is 0. The van der Waals surface area contributed by atoms with Gasteiger partial charge in [-0.05, 0) is 23.8 Å². The molecule has 0 spiro atoms. The average Bonchev–Trinajstić information content (AvgIpc) is 2.39. The molecule has 0 radical (unpaired) electrons. The molecule has 1 aromatic heterocycles. The molecule has 5 nitrogen and oxygen atoms in total. The second-order valence-electron chi connectivity index (χ2n) is 3.75. The molecule has 0 unspecified atom stereocenters. The second-order valence-corrected chi connectivity index (χ2v) is 3.75. The summed E-state index contributed by atoms with van der Waals surface area (Å²) in [5.74, 6) is -0.349. The van der Waals surface area contributed by atoms with Gasteiger partial charge in [-0.25, -0.2) is 0 Å². The number of hydrogen-bond donors (Lipinski definition) is 3. The van der Waals surface area contributed by atoms with Gasteiger partial charge in [-0.15, -0.1) is 0 Å². The first-order chi connectivity index (χ1) is 8.69. The molecule has 2 rings (SSSR count). The lowest BCUT2D eigenvalue weighted by Gasteiger charge is -2.05. The highest BCUT2D eigenvalue weighted by Gasteiger charge is 2.06. The lowest BCUT2D eigenvalue weighted by atomic mass is 10.2. The van der Waals surface area contributed by atoms with E-state index in [4.69, 9.17) is 5.11 Å². The molecular formula is C13H12N2O3. The molecule has 5 heteroatoms. The summed E-state index contributed by atoms with van der Waals surface area (Å²) in [5, 5.41) is 11.6. The molecule has 0 saturated carbocycles. The summed E-state index contributed by atoms with van der Waals surface area (Å²) in [5.41, 5.74) is 1.35. The van der Waals surface area contributed by atoms with Gasteiger partial charge in [-0.3, -0.25) is 9.59 Å². The summed E-state index contributed by atoms with van der Waals surface area (Å²) in [6.45, 7) is -0.0394. The van der Waals surface area contributed by atoms with Crippen molar-refractivity contribution in [2.45, 2.75) is 6.61 Å². The minimum absolute atomic E-state index is 0.0394. The van der Waals surface area contributed by atoms with Crippen molar-refractivity contribution >= 4 is 11.6 Å². The van der Waals surface area contributed by atoms with Crippen LogP contribution in [-0.4, -0.2) is 16.0 Å². The Bertz CT molecular complexity index is 602. The lowest BCUT2D eigenvalue weighted by Crippen LogP contribution is -2.15. The number of carbonyl (C=O) groups excluding carboxylic acids is 1. The number of anilines is 1. The quantitative estimate of drug-likeness (QED) is 0.756. The Hall–Kier alpha value is -2.40. The highest BCUT2D eigenvalue weighted by molar-refractivity contribution is 6.04. The highest BCUT2D eigenvalue weighted by atomic mass is 16.3. The van der Waals surface area contributed by atoms with Crippen molar-refractivity contribution in [3.8, 4) is 0 Å². The molecule has 0 aliphatic carbocycles. The fourth-order valence-corrected chi connectivity index (χ4v) is 1.48. The fraction of sp³-hybridized carbons (Fsp3) is 0.0769. The first kappa shape index (κ1) is 12.1. The van der Waals surface area contributed by atoms with E-state index in [0.717, 1.165) is 5.56 Å². The fourth-order valence-electron chi connectivity index (χ4n) is 1.48. The molecule has 0 bridgehead atoms. The molecule has 1 aromatic carbocycles. The molecule has 0 aliphatic heterocycles. The summed E-state index contributed by atoms with van der Waals surface area (Å²) >= 11 is 0. The van der Waals surface area contributed by atoms with Crippen LogP contribution >= 0.6 is 0 Å². The van der Waals surface area contributed by atoms with Gasteiger partial charge in [-0.2, -0.15) is 0 Å². The minimum atomic E-state index is -0.349. The van der Waals surface area contributed by atoms with Gasteiger partial charge >= 0.3 is 0 Å². The van der Waals surface area contributed by atoms with E-state index in [1.54, 1.807) is 24.3 Å². The smallest absolute Gasteiger partial charge is 0.255 e. The normalized spacial score (nSPS) is 10.1. The van der Waals surface area contributed by atoms with Gasteiger partial charge in [0.25, 0.3) is 5.91 Å². The van der Waals surface area contributed by atoms with Crippen LogP contribution in [0.3, 0.4) is 0 Å². The largest absolute Gasteiger partial charge is 0.392 e. The average molecular weight is 244 g/mol. The van der Waals surface area contributed by atoms with Crippen molar-refractivity contribution in [2.75, 3.05) is 5.32 Å². The van der Waals surface area contributed by atoms with Crippen molar-refractivity contribution in [1.82, 2.24) is 4.98 Å². The van der Waals surface area contributed by atoms with E-state index < -0.39 is 0 Å². The van der Waals surface area contributed by atoms with Gasteiger partial charge < -0.3 is 15.4 Å². The topological polar surface area (TPSA) is 82.2 Å². The maximum Gasteiger partial charge on any atom is 0.255 e. The van der Waals surface area contributed by atoms with Crippen LogP contribution < -0.4 is 10.9 Å². The number of aromatic nitrogens is 1. The first-order valence-electron chi connectivity index (χ1n) is 5.39. The Morgan fingerprint density at radius 3 is 2.56 bits per heavy atom. The van der Waals surface area contributed by atoms with Crippen molar-refractivity contribution in [3.05, 3.63) is 64.1 Å². The molecule has 0 fully saturated rings. The third-order valence-electron chi connectivity index (χ3n) is 2.43. The van der Waals surface area contributed by atoms with Crippen LogP contribution in [0.1, 0.15) is 15.9 Å². The lowest BCUT2D eigenvalue weighted by molar-refractivity contribution is 0.102. The molecule has 0 aliphatic rings. The standard InChI is InChI=1S/C13H12N2O3/c16-8-9-1-3-11(4-2-9)15-13(18)10-5-6-14-12(17)7-10/h1-7,16H,8H2,(H,14,17)(H,15,18). The Morgan fingerprint density at radius 1 is 1.22 bits per heavy atom. The van der Waals surface area contributed by atoms with Crippen LogP contribution in [0, 0.1) is 0 Å². The van der Waals surface area contributed by atoms with Crippen molar-refractivity contribution in [2.24, 2.45) is 0 Å². The number of aliphatic hydroxyl groups is 1. The van der Waals surface area contributed by atoms with E-state index >= 15 is 0 Å². The van der Waals surface area contributed by atoms with Crippen LogP contribution in [0.4, 0.5) is 5.69 Å². The Morgan fingerprint density at radius 2 is 1.94 bits per heavy atom. The number of nitrogens with one attached hydrogen (secondary N) is 2. The zero-order valence-corrected chi connectivity index (χ0v) is 9.51. The summed E-state index contributed by atoms with van der Waals surface area (Å²) in [7, 11) is 0. The number of carbonyl (C=O) groups is 1. The van der Waals surface area contributed by atoms with Crippen LogP contribution in [-0.2, 0) is 6.61 Å². The molecule has 92 valence electrons. The summed E-state index contributed by atoms with van der Waals surface area (Å²) in [6, 6.07) is 9.57. The van der Waals surface area contributed by atoms with E-state index in [1.807, 2.05) is 0 Å². The number of benzene rings is 1. The van der Waals surface area contributed by atoms with Crippen LogP contribution in [0.15, 0.2) is 47.4 Å². The molecule has 0 saturated heterocycles.